The van der Waals surface area contributed by atoms with Crippen molar-refractivity contribution in [1.29, 1.82) is 0 Å². The summed E-state index contributed by atoms with van der Waals surface area (Å²) in [5, 5.41) is 13.7. The third-order valence-corrected chi connectivity index (χ3v) is 5.53. The van der Waals surface area contributed by atoms with Gasteiger partial charge in [0.05, 0.1) is 11.0 Å². The molecule has 1 saturated carbocycles. The normalized spacial score (nSPS) is 24.2. The fourth-order valence-electron chi connectivity index (χ4n) is 4.22. The number of hydrogen-bond acceptors (Lipinski definition) is 5. The zero-order chi connectivity index (χ0) is 18.8. The van der Waals surface area contributed by atoms with Crippen molar-refractivity contribution in [2.24, 2.45) is 5.92 Å². The molecule has 2 aliphatic rings. The summed E-state index contributed by atoms with van der Waals surface area (Å²) in [7, 11) is 0. The molecule has 3 N–H and O–H groups in total. The maximum absolute atomic E-state index is 12.9. The standard InChI is InChI=1S/C20H22N4O3/c25-20(21-13-6-5-7-14(12-13)24(26)27)16-9-2-1-8-15(16)19-17-10-3-4-11-18(17)22-23-19/h1-2,5-9,12,17-19,22-23H,3-4,10-11H2,(H,21,25). The third-order valence-electron chi connectivity index (χ3n) is 5.53. The molecule has 1 aliphatic heterocycles. The number of nitro benzene ring substituents is 1. The first-order valence-corrected chi connectivity index (χ1v) is 9.29. The predicted octanol–water partition coefficient (Wildman–Crippen LogP) is 3.55. The summed E-state index contributed by atoms with van der Waals surface area (Å²) in [5.74, 6) is 0.206. The van der Waals surface area contributed by atoms with Gasteiger partial charge in [-0.3, -0.25) is 20.3 Å². The van der Waals surface area contributed by atoms with Crippen molar-refractivity contribution in [3.8, 4) is 0 Å². The van der Waals surface area contributed by atoms with Gasteiger partial charge < -0.3 is 5.32 Å². The van der Waals surface area contributed by atoms with Gasteiger partial charge in [0.25, 0.3) is 11.6 Å². The lowest BCUT2D eigenvalue weighted by Gasteiger charge is -2.28. The maximum Gasteiger partial charge on any atom is 0.271 e. The minimum Gasteiger partial charge on any atom is -0.322 e. The van der Waals surface area contributed by atoms with E-state index in [0.717, 1.165) is 18.4 Å². The number of nitrogens with one attached hydrogen (secondary N) is 3. The topological polar surface area (TPSA) is 96.3 Å². The molecule has 2 aromatic carbocycles. The van der Waals surface area contributed by atoms with Crippen LogP contribution in [0.2, 0.25) is 0 Å². The van der Waals surface area contributed by atoms with Gasteiger partial charge in [-0.2, -0.15) is 0 Å². The lowest BCUT2D eigenvalue weighted by molar-refractivity contribution is -0.384. The van der Waals surface area contributed by atoms with Crippen molar-refractivity contribution in [2.45, 2.75) is 37.8 Å². The van der Waals surface area contributed by atoms with E-state index >= 15 is 0 Å². The van der Waals surface area contributed by atoms with Crippen molar-refractivity contribution in [3.05, 3.63) is 69.8 Å². The minimum absolute atomic E-state index is 0.0483. The number of carbonyl (C=O) groups excluding carboxylic acids is 1. The van der Waals surface area contributed by atoms with Gasteiger partial charge in [0, 0.05) is 29.4 Å². The van der Waals surface area contributed by atoms with Crippen LogP contribution < -0.4 is 16.2 Å². The van der Waals surface area contributed by atoms with Crippen molar-refractivity contribution < 1.29 is 9.72 Å². The Kier molecular flexibility index (Phi) is 4.87. The molecule has 27 heavy (non-hydrogen) atoms. The Balaban J connectivity index is 1.58. The van der Waals surface area contributed by atoms with Crippen molar-refractivity contribution in [1.82, 2.24) is 10.9 Å². The number of carbonyl (C=O) groups is 1. The van der Waals surface area contributed by atoms with Crippen LogP contribution >= 0.6 is 0 Å². The molecule has 0 bridgehead atoms. The quantitative estimate of drug-likeness (QED) is 0.568. The number of rotatable bonds is 4. The van der Waals surface area contributed by atoms with Gasteiger partial charge in [0.2, 0.25) is 0 Å². The van der Waals surface area contributed by atoms with E-state index in [2.05, 4.69) is 16.2 Å². The largest absolute Gasteiger partial charge is 0.322 e. The second-order valence-electron chi connectivity index (χ2n) is 7.17. The lowest BCUT2D eigenvalue weighted by atomic mass is 9.78. The SMILES string of the molecule is O=C(Nc1cccc([N+](=O)[O-])c1)c1ccccc1C1NNC2CCCCC21. The predicted molar refractivity (Wildman–Crippen MR) is 102 cm³/mol. The fraction of sp³-hybridized carbons (Fsp3) is 0.350. The van der Waals surface area contributed by atoms with Crippen LogP contribution in [0, 0.1) is 16.0 Å². The lowest BCUT2D eigenvalue weighted by Crippen LogP contribution is -2.33. The molecule has 3 unspecified atom stereocenters. The molecule has 140 valence electrons. The van der Waals surface area contributed by atoms with Gasteiger partial charge in [-0.25, -0.2) is 5.43 Å². The van der Waals surface area contributed by atoms with Crippen molar-refractivity contribution in [2.75, 3.05) is 5.32 Å². The number of nitrogens with zero attached hydrogens (tertiary/aromatic N) is 1. The summed E-state index contributed by atoms with van der Waals surface area (Å²) >= 11 is 0. The van der Waals surface area contributed by atoms with E-state index in [1.807, 2.05) is 18.2 Å². The zero-order valence-corrected chi connectivity index (χ0v) is 14.9. The Hall–Kier alpha value is -2.77. The molecule has 7 nitrogen and oxygen atoms in total. The number of nitro groups is 1. The van der Waals surface area contributed by atoms with Crippen LogP contribution in [0.3, 0.4) is 0 Å². The van der Waals surface area contributed by atoms with Crippen LogP contribution in [0.25, 0.3) is 0 Å². The van der Waals surface area contributed by atoms with E-state index in [4.69, 9.17) is 0 Å². The molecule has 1 aliphatic carbocycles. The maximum atomic E-state index is 12.9. The highest BCUT2D eigenvalue weighted by Gasteiger charge is 2.39. The molecule has 2 fully saturated rings. The highest BCUT2D eigenvalue weighted by molar-refractivity contribution is 6.05. The first-order valence-electron chi connectivity index (χ1n) is 9.29. The number of fused-ring (bicyclic) bond motifs is 1. The Labute approximate surface area is 157 Å². The Morgan fingerprint density at radius 2 is 1.89 bits per heavy atom. The molecule has 0 spiro atoms. The van der Waals surface area contributed by atoms with Gasteiger partial charge in [-0.1, -0.05) is 37.1 Å². The van der Waals surface area contributed by atoms with Crippen LogP contribution in [0.5, 0.6) is 0 Å². The van der Waals surface area contributed by atoms with Gasteiger partial charge in [-0.15, -0.1) is 0 Å². The minimum atomic E-state index is -0.471. The number of benzene rings is 2. The number of hydrazine groups is 1. The van der Waals surface area contributed by atoms with Crippen LogP contribution in [-0.4, -0.2) is 16.9 Å². The van der Waals surface area contributed by atoms with E-state index in [-0.39, 0.29) is 17.6 Å². The van der Waals surface area contributed by atoms with E-state index < -0.39 is 4.92 Å². The highest BCUT2D eigenvalue weighted by Crippen LogP contribution is 2.39. The Bertz CT molecular complexity index is 870. The smallest absolute Gasteiger partial charge is 0.271 e. The highest BCUT2D eigenvalue weighted by atomic mass is 16.6. The molecule has 1 saturated heterocycles. The molecular formula is C20H22N4O3. The third kappa shape index (κ3) is 3.56. The van der Waals surface area contributed by atoms with Crippen LogP contribution in [0.4, 0.5) is 11.4 Å². The summed E-state index contributed by atoms with van der Waals surface area (Å²) in [6.45, 7) is 0. The fourth-order valence-corrected chi connectivity index (χ4v) is 4.22. The zero-order valence-electron chi connectivity index (χ0n) is 14.9. The van der Waals surface area contributed by atoms with Gasteiger partial charge in [0.15, 0.2) is 0 Å². The number of non-ortho nitro benzene ring substituents is 1. The Morgan fingerprint density at radius 3 is 2.74 bits per heavy atom. The van der Waals surface area contributed by atoms with Crippen LogP contribution in [0.1, 0.15) is 47.6 Å². The second-order valence-corrected chi connectivity index (χ2v) is 7.17. The number of amides is 1. The van der Waals surface area contributed by atoms with E-state index in [1.54, 1.807) is 18.2 Å². The molecular weight excluding hydrogens is 344 g/mol. The molecule has 3 atom stereocenters. The van der Waals surface area contributed by atoms with Crippen LogP contribution in [-0.2, 0) is 0 Å². The first-order chi connectivity index (χ1) is 13.1. The van der Waals surface area contributed by atoms with Gasteiger partial charge in [0.1, 0.15) is 0 Å². The molecule has 0 aromatic heterocycles. The first kappa shape index (κ1) is 17.6. The average Bonchev–Trinajstić information content (AvgIpc) is 3.12. The van der Waals surface area contributed by atoms with Crippen LogP contribution in [0.15, 0.2) is 48.5 Å². The van der Waals surface area contributed by atoms with Crippen molar-refractivity contribution in [3.63, 3.8) is 0 Å². The summed E-state index contributed by atoms with van der Waals surface area (Å²) in [5.41, 5.74) is 8.68. The summed E-state index contributed by atoms with van der Waals surface area (Å²) in [6.07, 6.45) is 4.73. The average molecular weight is 366 g/mol. The molecule has 4 rings (SSSR count). The van der Waals surface area contributed by atoms with Gasteiger partial charge >= 0.3 is 0 Å². The van der Waals surface area contributed by atoms with Gasteiger partial charge in [-0.05, 0) is 36.5 Å². The molecule has 7 heteroatoms. The summed E-state index contributed by atoms with van der Waals surface area (Å²) < 4.78 is 0. The second kappa shape index (κ2) is 7.46. The number of anilines is 1. The number of hydrogen-bond donors (Lipinski definition) is 3. The van der Waals surface area contributed by atoms with E-state index in [9.17, 15) is 14.9 Å². The van der Waals surface area contributed by atoms with E-state index in [0.29, 0.717) is 23.2 Å². The molecule has 0 radical (unpaired) electrons. The monoisotopic (exact) mass is 366 g/mol. The summed E-state index contributed by atoms with van der Waals surface area (Å²) in [4.78, 5) is 23.4. The molecule has 2 aromatic rings. The Morgan fingerprint density at radius 1 is 1.07 bits per heavy atom. The molecule has 1 heterocycles. The summed E-state index contributed by atoms with van der Waals surface area (Å²) in [6, 6.07) is 14.1. The molecule has 1 amide bonds. The van der Waals surface area contributed by atoms with E-state index in [1.165, 1.54) is 25.0 Å². The van der Waals surface area contributed by atoms with Crippen molar-refractivity contribution >= 4 is 17.3 Å².